The fourth-order valence-electron chi connectivity index (χ4n) is 2.40. The predicted molar refractivity (Wildman–Crippen MR) is 75.9 cm³/mol. The number of carboxylic acid groups (broad SMARTS) is 1. The van der Waals surface area contributed by atoms with Gasteiger partial charge in [0.15, 0.2) is 0 Å². The van der Waals surface area contributed by atoms with Gasteiger partial charge in [0.05, 0.1) is 6.33 Å². The lowest BCUT2D eigenvalue weighted by Gasteiger charge is -2.22. The van der Waals surface area contributed by atoms with Crippen molar-refractivity contribution in [2.75, 3.05) is 27.2 Å². The minimum atomic E-state index is -1.05. The second-order valence-corrected chi connectivity index (χ2v) is 5.47. The van der Waals surface area contributed by atoms with Crippen LogP contribution >= 0.6 is 0 Å². The second kappa shape index (κ2) is 6.57. The van der Waals surface area contributed by atoms with E-state index >= 15 is 0 Å². The normalized spacial score (nSPS) is 19.8. The molecule has 0 aromatic carbocycles. The first kappa shape index (κ1) is 15.3. The Kier molecular flexibility index (Phi) is 4.79. The van der Waals surface area contributed by atoms with Crippen LogP contribution in [-0.2, 0) is 11.2 Å². The van der Waals surface area contributed by atoms with E-state index in [1.165, 1.54) is 6.33 Å². The number of aromatic nitrogens is 2. The monoisotopic (exact) mass is 295 g/mol. The van der Waals surface area contributed by atoms with Gasteiger partial charge in [0.2, 0.25) is 0 Å². The van der Waals surface area contributed by atoms with Crippen molar-refractivity contribution in [3.8, 4) is 0 Å². The van der Waals surface area contributed by atoms with E-state index in [-0.39, 0.29) is 12.5 Å². The number of carboxylic acids is 1. The van der Waals surface area contributed by atoms with Crippen molar-refractivity contribution >= 4 is 12.0 Å². The van der Waals surface area contributed by atoms with Gasteiger partial charge in [-0.15, -0.1) is 0 Å². The third-order valence-corrected chi connectivity index (χ3v) is 3.76. The Hall–Kier alpha value is -2.09. The Bertz CT molecular complexity index is 488. The van der Waals surface area contributed by atoms with Crippen LogP contribution in [0.3, 0.4) is 0 Å². The van der Waals surface area contributed by atoms with Gasteiger partial charge in [0.25, 0.3) is 0 Å². The Labute approximate surface area is 123 Å². The number of nitrogens with zero attached hydrogens (tertiary/aromatic N) is 3. The Balaban J connectivity index is 1.91. The number of H-pyrrole nitrogens is 1. The first-order chi connectivity index (χ1) is 9.97. The maximum Gasteiger partial charge on any atom is 0.326 e. The second-order valence-electron chi connectivity index (χ2n) is 5.47. The Morgan fingerprint density at radius 1 is 1.62 bits per heavy atom. The Morgan fingerprint density at radius 3 is 2.90 bits per heavy atom. The van der Waals surface area contributed by atoms with Crippen LogP contribution in [-0.4, -0.2) is 76.1 Å². The number of hydrogen-bond acceptors (Lipinski definition) is 4. The SMILES string of the molecule is CN(C)C1CCN(C(=O)N[C@H](Cc2cnc[nH]2)C(=O)O)C1. The predicted octanol–water partition coefficient (Wildman–Crippen LogP) is -0.249. The molecule has 1 fully saturated rings. The molecule has 1 aliphatic rings. The van der Waals surface area contributed by atoms with Gasteiger partial charge in [0.1, 0.15) is 6.04 Å². The van der Waals surface area contributed by atoms with Crippen molar-refractivity contribution in [3.63, 3.8) is 0 Å². The lowest BCUT2D eigenvalue weighted by Crippen LogP contribution is -2.48. The number of nitrogens with one attached hydrogen (secondary N) is 2. The van der Waals surface area contributed by atoms with Crippen molar-refractivity contribution in [1.29, 1.82) is 0 Å². The van der Waals surface area contributed by atoms with Crippen LogP contribution in [0.25, 0.3) is 0 Å². The highest BCUT2D eigenvalue weighted by Gasteiger charge is 2.30. The molecule has 1 saturated heterocycles. The van der Waals surface area contributed by atoms with Crippen LogP contribution in [0.1, 0.15) is 12.1 Å². The number of aliphatic carboxylic acids is 1. The molecule has 8 nitrogen and oxygen atoms in total. The molecule has 2 atom stereocenters. The molecule has 21 heavy (non-hydrogen) atoms. The van der Waals surface area contributed by atoms with Gasteiger partial charge in [-0.3, -0.25) is 0 Å². The molecule has 3 N–H and O–H groups in total. The molecule has 116 valence electrons. The van der Waals surface area contributed by atoms with Gasteiger partial charge in [-0.25, -0.2) is 14.6 Å². The van der Waals surface area contributed by atoms with Crippen LogP contribution in [0.15, 0.2) is 12.5 Å². The molecule has 0 spiro atoms. The third kappa shape index (κ3) is 3.94. The molecule has 1 aromatic heterocycles. The molecule has 0 bridgehead atoms. The highest BCUT2D eigenvalue weighted by molar-refractivity contribution is 5.83. The summed E-state index contributed by atoms with van der Waals surface area (Å²) in [5.41, 5.74) is 0.676. The average molecular weight is 295 g/mol. The molecule has 1 aromatic rings. The number of urea groups is 1. The number of amides is 2. The minimum Gasteiger partial charge on any atom is -0.480 e. The van der Waals surface area contributed by atoms with E-state index < -0.39 is 12.0 Å². The summed E-state index contributed by atoms with van der Waals surface area (Å²) in [5, 5.41) is 11.8. The van der Waals surface area contributed by atoms with E-state index in [4.69, 9.17) is 0 Å². The highest BCUT2D eigenvalue weighted by Crippen LogP contribution is 2.13. The van der Waals surface area contributed by atoms with Gasteiger partial charge in [0, 0.05) is 37.4 Å². The van der Waals surface area contributed by atoms with Crippen LogP contribution in [0.2, 0.25) is 0 Å². The van der Waals surface area contributed by atoms with Crippen molar-refractivity contribution in [3.05, 3.63) is 18.2 Å². The van der Waals surface area contributed by atoms with E-state index in [0.717, 1.165) is 6.42 Å². The summed E-state index contributed by atoms with van der Waals surface area (Å²) in [6.07, 6.45) is 4.13. The van der Waals surface area contributed by atoms with E-state index in [2.05, 4.69) is 20.2 Å². The van der Waals surface area contributed by atoms with E-state index in [1.807, 2.05) is 14.1 Å². The summed E-state index contributed by atoms with van der Waals surface area (Å²) >= 11 is 0. The van der Waals surface area contributed by atoms with Crippen molar-refractivity contribution in [2.24, 2.45) is 0 Å². The molecule has 0 aliphatic carbocycles. The Morgan fingerprint density at radius 2 is 2.38 bits per heavy atom. The summed E-state index contributed by atoms with van der Waals surface area (Å²) in [6, 6.07) is -0.964. The largest absolute Gasteiger partial charge is 0.480 e. The smallest absolute Gasteiger partial charge is 0.326 e. The zero-order valence-electron chi connectivity index (χ0n) is 12.2. The van der Waals surface area contributed by atoms with Crippen molar-refractivity contribution < 1.29 is 14.7 Å². The van der Waals surface area contributed by atoms with E-state index in [1.54, 1.807) is 11.1 Å². The summed E-state index contributed by atoms with van der Waals surface area (Å²) in [5.74, 6) is -1.05. The molecule has 1 aliphatic heterocycles. The first-order valence-corrected chi connectivity index (χ1v) is 6.89. The summed E-state index contributed by atoms with van der Waals surface area (Å²) in [4.78, 5) is 33.9. The van der Waals surface area contributed by atoms with Crippen molar-refractivity contribution in [1.82, 2.24) is 25.1 Å². The zero-order chi connectivity index (χ0) is 15.4. The number of likely N-dealkylation sites (N-methyl/N-ethyl adjacent to an activating group) is 1. The topological polar surface area (TPSA) is 102 Å². The fraction of sp³-hybridized carbons (Fsp3) is 0.615. The number of imidazole rings is 1. The van der Waals surface area contributed by atoms with E-state index in [9.17, 15) is 14.7 Å². The lowest BCUT2D eigenvalue weighted by molar-refractivity contribution is -0.139. The number of carbonyl (C=O) groups is 2. The first-order valence-electron chi connectivity index (χ1n) is 6.89. The molecular formula is C13H21N5O3. The number of carbonyl (C=O) groups excluding carboxylic acids is 1. The molecular weight excluding hydrogens is 274 g/mol. The maximum atomic E-state index is 12.2. The number of rotatable bonds is 5. The zero-order valence-corrected chi connectivity index (χ0v) is 12.2. The van der Waals surface area contributed by atoms with Crippen LogP contribution < -0.4 is 5.32 Å². The molecule has 0 saturated carbocycles. The molecule has 2 rings (SSSR count). The average Bonchev–Trinajstić information content (AvgIpc) is 3.08. The van der Waals surface area contributed by atoms with Crippen LogP contribution in [0.5, 0.6) is 0 Å². The molecule has 8 heteroatoms. The number of aromatic amines is 1. The number of hydrogen-bond donors (Lipinski definition) is 3. The van der Waals surface area contributed by atoms with Gasteiger partial charge < -0.3 is 25.2 Å². The summed E-state index contributed by atoms with van der Waals surface area (Å²) in [7, 11) is 3.95. The molecule has 2 amide bonds. The van der Waals surface area contributed by atoms with Gasteiger partial charge in [-0.2, -0.15) is 0 Å². The quantitative estimate of drug-likeness (QED) is 0.695. The van der Waals surface area contributed by atoms with Crippen molar-refractivity contribution in [2.45, 2.75) is 24.9 Å². The maximum absolute atomic E-state index is 12.2. The molecule has 1 unspecified atom stereocenters. The lowest BCUT2D eigenvalue weighted by atomic mass is 10.1. The molecule has 0 radical (unpaired) electrons. The fourth-order valence-corrected chi connectivity index (χ4v) is 2.40. The van der Waals surface area contributed by atoms with E-state index in [0.29, 0.717) is 24.8 Å². The standard InChI is InChI=1S/C13H21N5O3/c1-17(2)10-3-4-18(7-10)13(21)16-11(12(19)20)5-9-6-14-8-15-9/h6,8,10-11H,3-5,7H2,1-2H3,(H,14,15)(H,16,21)(H,19,20)/t10?,11-/m1/s1. The van der Waals surface area contributed by atoms with Gasteiger partial charge in [-0.05, 0) is 20.5 Å². The summed E-state index contributed by atoms with van der Waals surface area (Å²) < 4.78 is 0. The third-order valence-electron chi connectivity index (χ3n) is 3.76. The highest BCUT2D eigenvalue weighted by atomic mass is 16.4. The minimum absolute atomic E-state index is 0.187. The summed E-state index contributed by atoms with van der Waals surface area (Å²) in [6.45, 7) is 1.26. The number of likely N-dealkylation sites (tertiary alicyclic amines) is 1. The van der Waals surface area contributed by atoms with Crippen LogP contribution in [0, 0.1) is 0 Å². The molecule has 2 heterocycles. The van der Waals surface area contributed by atoms with Crippen LogP contribution in [0.4, 0.5) is 4.79 Å². The van der Waals surface area contributed by atoms with Gasteiger partial charge in [-0.1, -0.05) is 0 Å². The van der Waals surface area contributed by atoms with Gasteiger partial charge >= 0.3 is 12.0 Å².